The number of rotatable bonds is 9. The van der Waals surface area contributed by atoms with E-state index >= 15 is 0 Å². The lowest BCUT2D eigenvalue weighted by molar-refractivity contribution is 0.0135. The van der Waals surface area contributed by atoms with Gasteiger partial charge in [-0.2, -0.15) is 0 Å². The number of likely N-dealkylation sites (tertiary alicyclic amines) is 1. The van der Waals surface area contributed by atoms with Gasteiger partial charge in [-0.25, -0.2) is 0 Å². The topological polar surface area (TPSA) is 54.0 Å². The van der Waals surface area contributed by atoms with Crippen LogP contribution in [0, 0.1) is 0 Å². The average Bonchev–Trinajstić information content (AvgIpc) is 2.71. The molecular formula is C12H26N2O3. The zero-order valence-electron chi connectivity index (χ0n) is 11.0. The summed E-state index contributed by atoms with van der Waals surface area (Å²) in [4.78, 5) is 2.37. The second-order valence-electron chi connectivity index (χ2n) is 4.66. The van der Waals surface area contributed by atoms with Crippen LogP contribution in [0.25, 0.3) is 0 Å². The Kier molecular flexibility index (Phi) is 7.72. The molecule has 1 rings (SSSR count). The molecule has 1 aliphatic heterocycles. The molecule has 0 radical (unpaired) electrons. The SMILES string of the molecule is COCCOCC(O)CNCC1CCCN1C. The molecule has 17 heavy (non-hydrogen) atoms. The molecule has 5 heteroatoms. The summed E-state index contributed by atoms with van der Waals surface area (Å²) < 4.78 is 10.1. The molecule has 2 atom stereocenters. The predicted molar refractivity (Wildman–Crippen MR) is 67.2 cm³/mol. The van der Waals surface area contributed by atoms with E-state index in [1.165, 1.54) is 19.4 Å². The number of hydrogen-bond donors (Lipinski definition) is 2. The van der Waals surface area contributed by atoms with Crippen LogP contribution in [-0.4, -0.2) is 75.8 Å². The molecule has 1 aliphatic rings. The highest BCUT2D eigenvalue weighted by atomic mass is 16.5. The fourth-order valence-corrected chi connectivity index (χ4v) is 2.07. The van der Waals surface area contributed by atoms with Gasteiger partial charge in [-0.15, -0.1) is 0 Å². The van der Waals surface area contributed by atoms with Crippen molar-refractivity contribution < 1.29 is 14.6 Å². The first-order chi connectivity index (χ1) is 8.24. The Balaban J connectivity index is 1.94. The van der Waals surface area contributed by atoms with Gasteiger partial charge in [-0.1, -0.05) is 0 Å². The highest BCUT2D eigenvalue weighted by Crippen LogP contribution is 2.13. The Labute approximate surface area is 104 Å². The van der Waals surface area contributed by atoms with Gasteiger partial charge < -0.3 is 24.8 Å². The van der Waals surface area contributed by atoms with E-state index in [4.69, 9.17) is 9.47 Å². The predicted octanol–water partition coefficient (Wildman–Crippen LogP) is -0.306. The van der Waals surface area contributed by atoms with Crippen LogP contribution in [0.5, 0.6) is 0 Å². The molecule has 0 aromatic rings. The molecule has 0 saturated carbocycles. The maximum atomic E-state index is 9.65. The summed E-state index contributed by atoms with van der Waals surface area (Å²) in [6.45, 7) is 4.22. The second-order valence-corrected chi connectivity index (χ2v) is 4.66. The molecule has 2 unspecified atom stereocenters. The van der Waals surface area contributed by atoms with Crippen LogP contribution in [0.1, 0.15) is 12.8 Å². The number of ether oxygens (including phenoxy) is 2. The van der Waals surface area contributed by atoms with E-state index in [1.54, 1.807) is 7.11 Å². The van der Waals surface area contributed by atoms with Crippen molar-refractivity contribution in [2.45, 2.75) is 25.0 Å². The van der Waals surface area contributed by atoms with Crippen molar-refractivity contribution in [1.29, 1.82) is 0 Å². The Bertz CT molecular complexity index is 193. The fourth-order valence-electron chi connectivity index (χ4n) is 2.07. The van der Waals surface area contributed by atoms with Gasteiger partial charge in [0.2, 0.25) is 0 Å². The van der Waals surface area contributed by atoms with E-state index < -0.39 is 6.10 Å². The molecule has 0 spiro atoms. The Morgan fingerprint density at radius 1 is 1.47 bits per heavy atom. The van der Waals surface area contributed by atoms with E-state index in [-0.39, 0.29) is 0 Å². The highest BCUT2D eigenvalue weighted by molar-refractivity contribution is 4.78. The Hall–Kier alpha value is -0.200. The zero-order valence-corrected chi connectivity index (χ0v) is 11.0. The smallest absolute Gasteiger partial charge is 0.0897 e. The van der Waals surface area contributed by atoms with Gasteiger partial charge in [0.25, 0.3) is 0 Å². The lowest BCUT2D eigenvalue weighted by atomic mass is 10.2. The van der Waals surface area contributed by atoms with Crippen LogP contribution in [0.3, 0.4) is 0 Å². The largest absolute Gasteiger partial charge is 0.389 e. The summed E-state index contributed by atoms with van der Waals surface area (Å²) in [5.41, 5.74) is 0. The molecule has 1 heterocycles. The number of hydrogen-bond acceptors (Lipinski definition) is 5. The lowest BCUT2D eigenvalue weighted by Crippen LogP contribution is -2.39. The molecular weight excluding hydrogens is 220 g/mol. The third kappa shape index (κ3) is 6.33. The summed E-state index contributed by atoms with van der Waals surface area (Å²) in [5, 5.41) is 12.9. The van der Waals surface area contributed by atoms with Gasteiger partial charge in [-0.3, -0.25) is 0 Å². The number of aliphatic hydroxyl groups excluding tert-OH is 1. The summed E-state index contributed by atoms with van der Waals surface area (Å²) in [7, 11) is 3.79. The molecule has 0 aromatic heterocycles. The molecule has 0 bridgehead atoms. The van der Waals surface area contributed by atoms with Crippen molar-refractivity contribution in [2.75, 3.05) is 53.6 Å². The van der Waals surface area contributed by atoms with Gasteiger partial charge in [-0.05, 0) is 26.4 Å². The van der Waals surface area contributed by atoms with E-state index in [9.17, 15) is 5.11 Å². The fraction of sp³-hybridized carbons (Fsp3) is 1.00. The van der Waals surface area contributed by atoms with Crippen LogP contribution in [0.15, 0.2) is 0 Å². The first-order valence-corrected chi connectivity index (χ1v) is 6.39. The molecule has 1 saturated heterocycles. The summed E-state index contributed by atoms with van der Waals surface area (Å²) >= 11 is 0. The number of nitrogens with one attached hydrogen (secondary N) is 1. The van der Waals surface area contributed by atoms with E-state index in [0.717, 1.165) is 6.54 Å². The Morgan fingerprint density at radius 3 is 2.94 bits per heavy atom. The highest BCUT2D eigenvalue weighted by Gasteiger charge is 2.20. The van der Waals surface area contributed by atoms with Crippen molar-refractivity contribution in [1.82, 2.24) is 10.2 Å². The van der Waals surface area contributed by atoms with Gasteiger partial charge in [0.05, 0.1) is 25.9 Å². The minimum absolute atomic E-state index is 0.372. The number of likely N-dealkylation sites (N-methyl/N-ethyl adjacent to an activating group) is 1. The minimum atomic E-state index is -0.432. The molecule has 102 valence electrons. The Morgan fingerprint density at radius 2 is 2.29 bits per heavy atom. The van der Waals surface area contributed by atoms with Crippen LogP contribution in [0.4, 0.5) is 0 Å². The quantitative estimate of drug-likeness (QED) is 0.547. The summed E-state index contributed by atoms with van der Waals surface area (Å²) in [6, 6.07) is 0.622. The maximum Gasteiger partial charge on any atom is 0.0897 e. The van der Waals surface area contributed by atoms with E-state index in [1.807, 2.05) is 0 Å². The number of methoxy groups -OCH3 is 1. The van der Waals surface area contributed by atoms with Crippen molar-refractivity contribution in [3.05, 3.63) is 0 Å². The zero-order chi connectivity index (χ0) is 12.5. The summed E-state index contributed by atoms with van der Waals surface area (Å²) in [6.07, 6.45) is 2.11. The third-order valence-corrected chi connectivity index (χ3v) is 3.17. The normalized spacial score (nSPS) is 23.1. The van der Waals surface area contributed by atoms with Gasteiger partial charge in [0.1, 0.15) is 0 Å². The van der Waals surface area contributed by atoms with E-state index in [0.29, 0.717) is 32.4 Å². The van der Waals surface area contributed by atoms with Gasteiger partial charge >= 0.3 is 0 Å². The van der Waals surface area contributed by atoms with Crippen molar-refractivity contribution in [3.8, 4) is 0 Å². The van der Waals surface area contributed by atoms with Crippen molar-refractivity contribution >= 4 is 0 Å². The lowest BCUT2D eigenvalue weighted by Gasteiger charge is -2.20. The van der Waals surface area contributed by atoms with E-state index in [2.05, 4.69) is 17.3 Å². The number of nitrogens with zero attached hydrogens (tertiary/aromatic N) is 1. The van der Waals surface area contributed by atoms with Crippen LogP contribution in [0.2, 0.25) is 0 Å². The molecule has 0 aromatic carbocycles. The van der Waals surface area contributed by atoms with Crippen LogP contribution in [-0.2, 0) is 9.47 Å². The first kappa shape index (κ1) is 14.9. The van der Waals surface area contributed by atoms with Gasteiger partial charge in [0, 0.05) is 26.2 Å². The maximum absolute atomic E-state index is 9.65. The second kappa shape index (κ2) is 8.83. The molecule has 0 aliphatic carbocycles. The van der Waals surface area contributed by atoms with Crippen molar-refractivity contribution in [3.63, 3.8) is 0 Å². The monoisotopic (exact) mass is 246 g/mol. The van der Waals surface area contributed by atoms with Gasteiger partial charge in [0.15, 0.2) is 0 Å². The van der Waals surface area contributed by atoms with Crippen LogP contribution >= 0.6 is 0 Å². The standard InChI is InChI=1S/C12H26N2O3/c1-14-5-3-4-11(14)8-13-9-12(15)10-17-7-6-16-2/h11-13,15H,3-10H2,1-2H3. The van der Waals surface area contributed by atoms with Crippen molar-refractivity contribution in [2.24, 2.45) is 0 Å². The first-order valence-electron chi connectivity index (χ1n) is 6.39. The molecule has 2 N–H and O–H groups in total. The number of aliphatic hydroxyl groups is 1. The molecule has 0 amide bonds. The summed E-state index contributed by atoms with van der Waals surface area (Å²) in [5.74, 6) is 0. The molecule has 1 fully saturated rings. The molecule has 5 nitrogen and oxygen atoms in total. The average molecular weight is 246 g/mol. The van der Waals surface area contributed by atoms with Crippen LogP contribution < -0.4 is 5.32 Å². The minimum Gasteiger partial charge on any atom is -0.389 e. The third-order valence-electron chi connectivity index (χ3n) is 3.17.